The van der Waals surface area contributed by atoms with E-state index in [1.807, 2.05) is 6.92 Å². The lowest BCUT2D eigenvalue weighted by atomic mass is 10.2. The van der Waals surface area contributed by atoms with Crippen LogP contribution in [0.3, 0.4) is 0 Å². The monoisotopic (exact) mass is 249 g/mol. The molecule has 1 heterocycles. The van der Waals surface area contributed by atoms with Crippen molar-refractivity contribution in [2.75, 3.05) is 0 Å². The van der Waals surface area contributed by atoms with Gasteiger partial charge in [-0.15, -0.1) is 11.3 Å². The van der Waals surface area contributed by atoms with E-state index in [0.29, 0.717) is 11.6 Å². The average Bonchev–Trinajstić information content (AvgIpc) is 2.45. The highest BCUT2D eigenvalue weighted by molar-refractivity contribution is 7.88. The lowest BCUT2D eigenvalue weighted by molar-refractivity contribution is 0.597. The Balaban J connectivity index is 2.92. The molecule has 0 bridgehead atoms. The van der Waals surface area contributed by atoms with Crippen molar-refractivity contribution in [1.29, 1.82) is 0 Å². The molecule has 1 aromatic heterocycles. The first kappa shape index (κ1) is 12.6. The summed E-state index contributed by atoms with van der Waals surface area (Å²) in [6.45, 7) is 2.44. The second-order valence-corrected chi connectivity index (χ2v) is 6.02. The van der Waals surface area contributed by atoms with Crippen molar-refractivity contribution in [1.82, 2.24) is 4.98 Å². The molecular formula is C8H15N3O2S2. The molecule has 0 aliphatic rings. The quantitative estimate of drug-likeness (QED) is 0.786. The van der Waals surface area contributed by atoms with Crippen LogP contribution in [0.1, 0.15) is 28.9 Å². The van der Waals surface area contributed by atoms with Crippen molar-refractivity contribution in [2.24, 2.45) is 10.9 Å². The third kappa shape index (κ3) is 3.86. The second-order valence-electron chi connectivity index (χ2n) is 3.24. The fourth-order valence-corrected chi connectivity index (χ4v) is 3.19. The van der Waals surface area contributed by atoms with Gasteiger partial charge in [0.1, 0.15) is 10.8 Å². The van der Waals surface area contributed by atoms with Crippen LogP contribution in [0.25, 0.3) is 0 Å². The Morgan fingerprint density at radius 1 is 1.47 bits per heavy atom. The predicted molar refractivity (Wildman–Crippen MR) is 60.8 cm³/mol. The van der Waals surface area contributed by atoms with Crippen LogP contribution < -0.4 is 10.9 Å². The summed E-state index contributed by atoms with van der Waals surface area (Å²) in [6.07, 6.45) is 1.79. The van der Waals surface area contributed by atoms with E-state index in [2.05, 4.69) is 4.98 Å². The van der Waals surface area contributed by atoms with Crippen molar-refractivity contribution in [3.05, 3.63) is 15.6 Å². The zero-order chi connectivity index (χ0) is 11.5. The van der Waals surface area contributed by atoms with E-state index in [1.54, 1.807) is 0 Å². The first-order valence-electron chi connectivity index (χ1n) is 4.64. The highest BCUT2D eigenvalue weighted by atomic mass is 32.2. The van der Waals surface area contributed by atoms with Gasteiger partial charge in [-0.1, -0.05) is 13.3 Å². The van der Waals surface area contributed by atoms with Gasteiger partial charge in [0.2, 0.25) is 10.0 Å². The van der Waals surface area contributed by atoms with Gasteiger partial charge in [0, 0.05) is 11.4 Å². The molecule has 0 radical (unpaired) electrons. The molecule has 0 saturated carbocycles. The Hall–Kier alpha value is -0.500. The molecule has 0 atom stereocenters. The van der Waals surface area contributed by atoms with E-state index in [1.165, 1.54) is 11.3 Å². The van der Waals surface area contributed by atoms with Crippen LogP contribution in [0.2, 0.25) is 0 Å². The number of aryl methyl sites for hydroxylation is 1. The summed E-state index contributed by atoms with van der Waals surface area (Å²) in [4.78, 5) is 5.19. The molecule has 0 aliphatic heterocycles. The maximum absolute atomic E-state index is 10.9. The molecule has 0 spiro atoms. The van der Waals surface area contributed by atoms with Crippen LogP contribution in [0, 0.1) is 0 Å². The number of hydrogen-bond acceptors (Lipinski definition) is 5. The number of sulfonamides is 1. The summed E-state index contributed by atoms with van der Waals surface area (Å²) in [5.41, 5.74) is 6.45. The third-order valence-corrected chi connectivity index (χ3v) is 3.80. The van der Waals surface area contributed by atoms with Gasteiger partial charge >= 0.3 is 0 Å². The molecule has 0 unspecified atom stereocenters. The highest BCUT2D eigenvalue weighted by Gasteiger charge is 2.13. The van der Waals surface area contributed by atoms with E-state index in [0.717, 1.165) is 23.4 Å². The molecule has 0 amide bonds. The Morgan fingerprint density at radius 2 is 2.13 bits per heavy atom. The van der Waals surface area contributed by atoms with Crippen LogP contribution in [0.15, 0.2) is 0 Å². The second kappa shape index (κ2) is 5.02. The van der Waals surface area contributed by atoms with Crippen LogP contribution in [-0.4, -0.2) is 13.4 Å². The maximum Gasteiger partial charge on any atom is 0.215 e. The smallest absolute Gasteiger partial charge is 0.215 e. The summed E-state index contributed by atoms with van der Waals surface area (Å²) in [6, 6.07) is 0. The minimum atomic E-state index is -3.50. The minimum Gasteiger partial charge on any atom is -0.326 e. The molecule has 1 rings (SSSR count). The Kier molecular flexibility index (Phi) is 4.21. The molecule has 4 N–H and O–H groups in total. The minimum absolute atomic E-state index is 0.200. The molecule has 1 aromatic rings. The predicted octanol–water partition coefficient (Wildman–Crippen LogP) is 0.343. The Bertz CT molecular complexity index is 425. The van der Waals surface area contributed by atoms with Gasteiger partial charge in [0.15, 0.2) is 0 Å². The molecule has 7 heteroatoms. The number of hydrogen-bond donors (Lipinski definition) is 2. The van der Waals surface area contributed by atoms with Gasteiger partial charge < -0.3 is 5.73 Å². The van der Waals surface area contributed by atoms with E-state index in [4.69, 9.17) is 10.9 Å². The van der Waals surface area contributed by atoms with E-state index in [-0.39, 0.29) is 5.75 Å². The van der Waals surface area contributed by atoms with E-state index in [9.17, 15) is 8.42 Å². The van der Waals surface area contributed by atoms with Crippen LogP contribution in [-0.2, 0) is 28.7 Å². The number of aromatic nitrogens is 1. The number of primary sulfonamides is 1. The van der Waals surface area contributed by atoms with Crippen molar-refractivity contribution in [3.63, 3.8) is 0 Å². The van der Waals surface area contributed by atoms with Gasteiger partial charge in [0.25, 0.3) is 0 Å². The number of nitrogens with zero attached hydrogens (tertiary/aromatic N) is 1. The Labute approximate surface area is 93.6 Å². The third-order valence-electron chi connectivity index (χ3n) is 1.82. The highest BCUT2D eigenvalue weighted by Crippen LogP contribution is 2.20. The average molecular weight is 249 g/mol. The fourth-order valence-electron chi connectivity index (χ4n) is 1.26. The van der Waals surface area contributed by atoms with Crippen molar-refractivity contribution < 1.29 is 8.42 Å². The number of nitrogens with two attached hydrogens (primary N) is 2. The lowest BCUT2D eigenvalue weighted by Crippen LogP contribution is -2.14. The van der Waals surface area contributed by atoms with Gasteiger partial charge in [-0.3, -0.25) is 0 Å². The SMILES string of the molecule is CCCc1nc(CS(N)(=O)=O)sc1CN. The van der Waals surface area contributed by atoms with Crippen LogP contribution in [0.4, 0.5) is 0 Å². The first-order valence-corrected chi connectivity index (χ1v) is 7.17. The van der Waals surface area contributed by atoms with Gasteiger partial charge in [-0.2, -0.15) is 0 Å². The molecule has 0 aromatic carbocycles. The zero-order valence-corrected chi connectivity index (χ0v) is 10.2. The zero-order valence-electron chi connectivity index (χ0n) is 8.56. The van der Waals surface area contributed by atoms with E-state index < -0.39 is 10.0 Å². The molecule has 15 heavy (non-hydrogen) atoms. The summed E-state index contributed by atoms with van der Waals surface area (Å²) in [5.74, 6) is -0.200. The van der Waals surface area contributed by atoms with Gasteiger partial charge in [0.05, 0.1) is 5.69 Å². The van der Waals surface area contributed by atoms with Crippen molar-refractivity contribution in [3.8, 4) is 0 Å². The molecule has 0 aliphatic carbocycles. The summed E-state index contributed by atoms with van der Waals surface area (Å²) >= 11 is 1.33. The standard InChI is InChI=1S/C8H15N3O2S2/c1-2-3-6-7(4-9)14-8(11-6)5-15(10,12)13/h2-5,9H2,1H3,(H2,10,12,13). The van der Waals surface area contributed by atoms with Crippen LogP contribution >= 0.6 is 11.3 Å². The maximum atomic E-state index is 10.9. The molecule has 0 fully saturated rings. The molecule has 0 saturated heterocycles. The summed E-state index contributed by atoms with van der Waals surface area (Å²) in [7, 11) is -3.50. The first-order chi connectivity index (χ1) is 6.96. The number of thiazole rings is 1. The van der Waals surface area contributed by atoms with Crippen molar-refractivity contribution >= 4 is 21.4 Å². The Morgan fingerprint density at radius 3 is 2.60 bits per heavy atom. The summed E-state index contributed by atoms with van der Waals surface area (Å²) in [5, 5.41) is 5.48. The number of rotatable bonds is 5. The van der Waals surface area contributed by atoms with Crippen molar-refractivity contribution in [2.45, 2.75) is 32.1 Å². The van der Waals surface area contributed by atoms with E-state index >= 15 is 0 Å². The fraction of sp³-hybridized carbons (Fsp3) is 0.625. The topological polar surface area (TPSA) is 99.1 Å². The lowest BCUT2D eigenvalue weighted by Gasteiger charge is -1.94. The molecule has 86 valence electrons. The molecule has 5 nitrogen and oxygen atoms in total. The normalized spacial score (nSPS) is 11.9. The van der Waals surface area contributed by atoms with Gasteiger partial charge in [-0.05, 0) is 6.42 Å². The summed E-state index contributed by atoms with van der Waals surface area (Å²) < 4.78 is 21.8. The largest absolute Gasteiger partial charge is 0.326 e. The van der Waals surface area contributed by atoms with Crippen LogP contribution in [0.5, 0.6) is 0 Å². The van der Waals surface area contributed by atoms with Gasteiger partial charge in [-0.25, -0.2) is 18.5 Å². The molecular weight excluding hydrogens is 234 g/mol.